The van der Waals surface area contributed by atoms with E-state index in [2.05, 4.69) is 26.6 Å². The second-order valence-corrected chi connectivity index (χ2v) is 3.81. The average Bonchev–Trinajstić information content (AvgIpc) is 2.70. The molecule has 1 aromatic rings. The van der Waals surface area contributed by atoms with Gasteiger partial charge in [-0.05, 0) is 28.1 Å². The summed E-state index contributed by atoms with van der Waals surface area (Å²) in [5, 5.41) is 4.54. The van der Waals surface area contributed by atoms with Gasteiger partial charge in [-0.1, -0.05) is 0 Å². The van der Waals surface area contributed by atoms with Gasteiger partial charge in [0.1, 0.15) is 0 Å². The van der Waals surface area contributed by atoms with Gasteiger partial charge in [0.05, 0.1) is 13.1 Å². The highest BCUT2D eigenvalue weighted by Gasteiger charge is 2.11. The molecule has 0 aliphatic rings. The minimum atomic E-state index is -0.653. The van der Waals surface area contributed by atoms with Crippen molar-refractivity contribution in [3.63, 3.8) is 0 Å². The third-order valence-electron chi connectivity index (χ3n) is 1.67. The molecule has 17 heavy (non-hydrogen) atoms. The number of furan rings is 1. The highest BCUT2D eigenvalue weighted by molar-refractivity contribution is 9.10. The molecule has 92 valence electrons. The number of carbonyl (C=O) groups excluding carboxylic acids is 3. The van der Waals surface area contributed by atoms with E-state index in [1.54, 1.807) is 6.07 Å². The molecule has 3 amide bonds. The molecule has 1 rings (SSSR count). The molecule has 0 radical (unpaired) electrons. The van der Waals surface area contributed by atoms with Crippen molar-refractivity contribution in [2.45, 2.75) is 0 Å². The van der Waals surface area contributed by atoms with E-state index in [9.17, 15) is 14.4 Å². The van der Waals surface area contributed by atoms with Crippen molar-refractivity contribution in [2.75, 3.05) is 13.1 Å². The molecule has 0 unspecified atom stereocenters. The smallest absolute Gasteiger partial charge is 0.287 e. The maximum Gasteiger partial charge on any atom is 0.287 e. The van der Waals surface area contributed by atoms with E-state index < -0.39 is 17.7 Å². The minimum Gasteiger partial charge on any atom is -0.444 e. The first-order valence-corrected chi connectivity index (χ1v) is 5.37. The Kier molecular flexibility index (Phi) is 4.70. The van der Waals surface area contributed by atoms with Crippen LogP contribution in [0.1, 0.15) is 10.6 Å². The molecule has 0 spiro atoms. The number of hydrogen-bond acceptors (Lipinski definition) is 4. The second kappa shape index (κ2) is 6.04. The van der Waals surface area contributed by atoms with Crippen LogP contribution in [-0.2, 0) is 9.59 Å². The predicted molar refractivity (Wildman–Crippen MR) is 60.9 cm³/mol. The van der Waals surface area contributed by atoms with Crippen molar-refractivity contribution >= 4 is 33.7 Å². The Balaban J connectivity index is 2.33. The van der Waals surface area contributed by atoms with E-state index in [1.807, 2.05) is 0 Å². The molecule has 0 aliphatic heterocycles. The number of carbonyl (C=O) groups is 3. The zero-order valence-corrected chi connectivity index (χ0v) is 10.2. The molecule has 1 heterocycles. The van der Waals surface area contributed by atoms with Crippen LogP contribution in [0.4, 0.5) is 0 Å². The van der Waals surface area contributed by atoms with Crippen LogP contribution in [0.5, 0.6) is 0 Å². The molecule has 7 nitrogen and oxygen atoms in total. The lowest BCUT2D eigenvalue weighted by atomic mass is 10.4. The van der Waals surface area contributed by atoms with Crippen LogP contribution in [0, 0.1) is 0 Å². The van der Waals surface area contributed by atoms with Crippen molar-refractivity contribution in [2.24, 2.45) is 5.73 Å². The summed E-state index contributed by atoms with van der Waals surface area (Å²) in [6.45, 7) is -0.522. The fourth-order valence-corrected chi connectivity index (χ4v) is 1.24. The topological polar surface area (TPSA) is 114 Å². The number of primary amides is 1. The Bertz CT molecular complexity index is 443. The predicted octanol–water partition coefficient (Wildman–Crippen LogP) is -0.627. The Hall–Kier alpha value is -1.83. The van der Waals surface area contributed by atoms with Crippen molar-refractivity contribution in [1.82, 2.24) is 10.6 Å². The van der Waals surface area contributed by atoms with E-state index in [4.69, 9.17) is 10.2 Å². The molecule has 0 saturated heterocycles. The van der Waals surface area contributed by atoms with Gasteiger partial charge >= 0.3 is 0 Å². The molecule has 0 aromatic carbocycles. The van der Waals surface area contributed by atoms with Gasteiger partial charge in [-0.15, -0.1) is 0 Å². The lowest BCUT2D eigenvalue weighted by Crippen LogP contribution is -2.40. The molecule has 1 aromatic heterocycles. The highest BCUT2D eigenvalue weighted by Crippen LogP contribution is 2.13. The fourth-order valence-electron chi connectivity index (χ4n) is 0.932. The second-order valence-electron chi connectivity index (χ2n) is 3.03. The zero-order valence-electron chi connectivity index (χ0n) is 8.66. The number of amides is 3. The van der Waals surface area contributed by atoms with Crippen molar-refractivity contribution in [3.05, 3.63) is 22.6 Å². The van der Waals surface area contributed by atoms with Gasteiger partial charge < -0.3 is 20.8 Å². The van der Waals surface area contributed by atoms with Crippen LogP contribution in [0.2, 0.25) is 0 Å². The standard InChI is InChI=1S/C9H10BrN3O4/c10-6-2-1-5(17-6)9(16)13-4-8(15)12-3-7(11)14/h1-2H,3-4H2,(H2,11,14)(H,12,15)(H,13,16). The number of nitrogens with two attached hydrogens (primary N) is 1. The third-order valence-corrected chi connectivity index (χ3v) is 2.09. The van der Waals surface area contributed by atoms with E-state index in [-0.39, 0.29) is 18.8 Å². The monoisotopic (exact) mass is 303 g/mol. The molecular weight excluding hydrogens is 294 g/mol. The summed E-state index contributed by atoms with van der Waals surface area (Å²) in [5.74, 6) is -1.60. The Morgan fingerprint density at radius 2 is 1.94 bits per heavy atom. The molecular formula is C9H10BrN3O4. The van der Waals surface area contributed by atoms with Gasteiger partial charge in [0.25, 0.3) is 5.91 Å². The van der Waals surface area contributed by atoms with E-state index in [0.717, 1.165) is 0 Å². The van der Waals surface area contributed by atoms with Gasteiger partial charge in [0.2, 0.25) is 11.8 Å². The minimum absolute atomic E-state index is 0.0829. The molecule has 0 saturated carbocycles. The molecule has 0 atom stereocenters. The maximum absolute atomic E-state index is 11.4. The Morgan fingerprint density at radius 3 is 2.47 bits per heavy atom. The summed E-state index contributed by atoms with van der Waals surface area (Å²) in [6.07, 6.45) is 0. The highest BCUT2D eigenvalue weighted by atomic mass is 79.9. The van der Waals surface area contributed by atoms with Gasteiger partial charge in [-0.25, -0.2) is 0 Å². The summed E-state index contributed by atoms with van der Waals surface area (Å²) in [4.78, 5) is 32.9. The van der Waals surface area contributed by atoms with Gasteiger partial charge in [0.15, 0.2) is 10.4 Å². The fraction of sp³-hybridized carbons (Fsp3) is 0.222. The van der Waals surface area contributed by atoms with E-state index in [0.29, 0.717) is 4.67 Å². The summed E-state index contributed by atoms with van der Waals surface area (Å²) >= 11 is 3.04. The first kappa shape index (κ1) is 13.2. The lowest BCUT2D eigenvalue weighted by molar-refractivity contribution is -0.124. The SMILES string of the molecule is NC(=O)CNC(=O)CNC(=O)c1ccc(Br)o1. The van der Waals surface area contributed by atoms with Gasteiger partial charge in [-0.2, -0.15) is 0 Å². The first-order chi connectivity index (χ1) is 7.99. The zero-order chi connectivity index (χ0) is 12.8. The largest absolute Gasteiger partial charge is 0.444 e. The summed E-state index contributed by atoms with van der Waals surface area (Å²) in [7, 11) is 0. The van der Waals surface area contributed by atoms with Crippen molar-refractivity contribution < 1.29 is 18.8 Å². The van der Waals surface area contributed by atoms with Gasteiger partial charge in [0, 0.05) is 0 Å². The van der Waals surface area contributed by atoms with Crippen LogP contribution in [-0.4, -0.2) is 30.8 Å². The normalized spacial score (nSPS) is 9.71. The summed E-state index contributed by atoms with van der Waals surface area (Å²) in [6, 6.07) is 3.02. The van der Waals surface area contributed by atoms with E-state index in [1.165, 1.54) is 6.07 Å². The van der Waals surface area contributed by atoms with Crippen molar-refractivity contribution in [3.8, 4) is 0 Å². The third kappa shape index (κ3) is 4.68. The average molecular weight is 304 g/mol. The Labute approximate surface area is 105 Å². The lowest BCUT2D eigenvalue weighted by Gasteiger charge is -2.03. The van der Waals surface area contributed by atoms with Crippen LogP contribution in [0.3, 0.4) is 0 Å². The summed E-state index contributed by atoms with van der Waals surface area (Å²) < 4.78 is 5.39. The molecule has 0 aliphatic carbocycles. The van der Waals surface area contributed by atoms with E-state index >= 15 is 0 Å². The first-order valence-electron chi connectivity index (χ1n) is 4.57. The summed E-state index contributed by atoms with van der Waals surface area (Å²) in [5.41, 5.74) is 4.83. The van der Waals surface area contributed by atoms with Crippen molar-refractivity contribution in [1.29, 1.82) is 0 Å². The Morgan fingerprint density at radius 1 is 1.24 bits per heavy atom. The van der Waals surface area contributed by atoms with Gasteiger partial charge in [-0.3, -0.25) is 14.4 Å². The quantitative estimate of drug-likeness (QED) is 0.672. The number of halogens is 1. The van der Waals surface area contributed by atoms with Crippen LogP contribution < -0.4 is 16.4 Å². The number of hydrogen-bond donors (Lipinski definition) is 3. The molecule has 0 bridgehead atoms. The molecule has 0 fully saturated rings. The van der Waals surface area contributed by atoms with Crippen LogP contribution >= 0.6 is 15.9 Å². The number of rotatable bonds is 5. The maximum atomic E-state index is 11.4. The molecule has 8 heteroatoms. The van der Waals surface area contributed by atoms with Crippen LogP contribution in [0.25, 0.3) is 0 Å². The molecule has 4 N–H and O–H groups in total. The number of nitrogens with one attached hydrogen (secondary N) is 2. The van der Waals surface area contributed by atoms with Crippen LogP contribution in [0.15, 0.2) is 21.2 Å².